The van der Waals surface area contributed by atoms with Crippen LogP contribution in [0.4, 0.5) is 0 Å². The molecule has 1 unspecified atom stereocenters. The molecule has 0 fully saturated rings. The summed E-state index contributed by atoms with van der Waals surface area (Å²) in [6, 6.07) is 11.7. The molecule has 2 aromatic carbocycles. The van der Waals surface area contributed by atoms with Crippen LogP contribution in [0, 0.1) is 20.8 Å². The second kappa shape index (κ2) is 5.84. The maximum Gasteiger partial charge on any atom is 0.448 e. The van der Waals surface area contributed by atoms with Crippen LogP contribution < -0.4 is 4.52 Å². The molecule has 0 aliphatic heterocycles. The molecular weight excluding hydrogens is 287 g/mol. The molecule has 1 N–H and O–H groups in total. The predicted molar refractivity (Wildman–Crippen MR) is 81.9 cm³/mol. The van der Waals surface area contributed by atoms with E-state index in [2.05, 4.69) is 0 Å². The van der Waals surface area contributed by atoms with E-state index in [0.717, 1.165) is 16.7 Å². The molecule has 5 heteroatoms. The van der Waals surface area contributed by atoms with Gasteiger partial charge in [-0.1, -0.05) is 48.0 Å². The molecule has 0 saturated carbocycles. The van der Waals surface area contributed by atoms with Crippen LogP contribution in [0.3, 0.4) is 0 Å². The summed E-state index contributed by atoms with van der Waals surface area (Å²) >= 11 is 0. The van der Waals surface area contributed by atoms with Crippen molar-refractivity contribution >= 4 is 13.1 Å². The summed E-state index contributed by atoms with van der Waals surface area (Å²) in [5, 5.41) is 0. The summed E-state index contributed by atoms with van der Waals surface area (Å²) < 4.78 is 17.5. The van der Waals surface area contributed by atoms with Crippen LogP contribution in [-0.4, -0.2) is 10.4 Å². The van der Waals surface area contributed by atoms with Crippen molar-refractivity contribution in [2.45, 2.75) is 20.8 Å². The van der Waals surface area contributed by atoms with E-state index < -0.39 is 13.1 Å². The van der Waals surface area contributed by atoms with Gasteiger partial charge in [0.2, 0.25) is 0 Å². The molecule has 0 heterocycles. The molecule has 110 valence electrons. The molecule has 0 aliphatic rings. The number of carbonyl (C=O) groups excluding carboxylic acids is 1. The minimum Gasteiger partial charge on any atom is -0.419 e. The molecule has 0 bridgehead atoms. The van der Waals surface area contributed by atoms with Gasteiger partial charge in [0, 0.05) is 5.56 Å². The van der Waals surface area contributed by atoms with Crippen LogP contribution in [-0.2, 0) is 4.57 Å². The van der Waals surface area contributed by atoms with E-state index in [0.29, 0.717) is 0 Å². The molecule has 0 radical (unpaired) electrons. The first-order chi connectivity index (χ1) is 9.81. The monoisotopic (exact) mass is 304 g/mol. The Kier molecular flexibility index (Phi) is 4.31. The molecule has 2 rings (SSSR count). The Morgan fingerprint density at radius 3 is 2.10 bits per heavy atom. The van der Waals surface area contributed by atoms with Crippen LogP contribution in [0.1, 0.15) is 27.0 Å². The van der Waals surface area contributed by atoms with Crippen LogP contribution in [0.2, 0.25) is 0 Å². The Morgan fingerprint density at radius 2 is 1.57 bits per heavy atom. The van der Waals surface area contributed by atoms with Crippen molar-refractivity contribution in [3.63, 3.8) is 0 Å². The zero-order chi connectivity index (χ0) is 15.6. The Bertz CT molecular complexity index is 699. The highest BCUT2D eigenvalue weighted by molar-refractivity contribution is 7.72. The number of hydrogen-bond donors (Lipinski definition) is 1. The normalized spacial score (nSPS) is 13.5. The van der Waals surface area contributed by atoms with Gasteiger partial charge in [0.05, 0.1) is 0 Å². The van der Waals surface area contributed by atoms with Crippen molar-refractivity contribution in [2.75, 3.05) is 0 Å². The van der Waals surface area contributed by atoms with E-state index in [4.69, 9.17) is 4.52 Å². The minimum absolute atomic E-state index is 0.158. The fraction of sp³-hybridized carbons (Fsp3) is 0.188. The molecule has 4 nitrogen and oxygen atoms in total. The first-order valence-corrected chi connectivity index (χ1v) is 8.09. The highest BCUT2D eigenvalue weighted by Gasteiger charge is 2.34. The third kappa shape index (κ3) is 3.41. The van der Waals surface area contributed by atoms with Gasteiger partial charge in [0.25, 0.3) is 5.52 Å². The molecule has 0 amide bonds. The fourth-order valence-electron chi connectivity index (χ4n) is 2.22. The summed E-state index contributed by atoms with van der Waals surface area (Å²) in [4.78, 5) is 22.1. The van der Waals surface area contributed by atoms with Gasteiger partial charge in [-0.3, -0.25) is 4.79 Å². The molecule has 21 heavy (non-hydrogen) atoms. The Balaban J connectivity index is 2.34. The molecule has 0 spiro atoms. The average Bonchev–Trinajstić information content (AvgIpc) is 2.43. The predicted octanol–water partition coefficient (Wildman–Crippen LogP) is 4.02. The third-order valence-electron chi connectivity index (χ3n) is 3.10. The first kappa shape index (κ1) is 15.5. The van der Waals surface area contributed by atoms with Crippen molar-refractivity contribution in [2.24, 2.45) is 0 Å². The smallest absolute Gasteiger partial charge is 0.419 e. The van der Waals surface area contributed by atoms with Crippen LogP contribution >= 0.6 is 7.60 Å². The van der Waals surface area contributed by atoms with Gasteiger partial charge >= 0.3 is 7.60 Å². The van der Waals surface area contributed by atoms with Gasteiger partial charge in [-0.05, 0) is 31.9 Å². The number of carbonyl (C=O) groups is 1. The topological polar surface area (TPSA) is 63.6 Å². The summed E-state index contributed by atoms with van der Waals surface area (Å²) in [6.45, 7) is 5.49. The Labute approximate surface area is 123 Å². The molecule has 2 aromatic rings. The van der Waals surface area contributed by atoms with Gasteiger partial charge in [-0.15, -0.1) is 0 Å². The summed E-state index contributed by atoms with van der Waals surface area (Å²) in [5.41, 5.74) is 1.73. The fourth-order valence-corrected chi connectivity index (χ4v) is 3.31. The van der Waals surface area contributed by atoms with Crippen molar-refractivity contribution in [1.29, 1.82) is 0 Å². The van der Waals surface area contributed by atoms with Crippen molar-refractivity contribution in [1.82, 2.24) is 0 Å². The van der Waals surface area contributed by atoms with E-state index >= 15 is 0 Å². The second-order valence-corrected chi connectivity index (χ2v) is 6.64. The number of benzene rings is 2. The number of hydrogen-bond acceptors (Lipinski definition) is 3. The standard InChI is InChI=1S/C16H17O4P/c1-11-9-12(2)15(13(3)10-11)20-21(18,19)16(17)14-7-5-4-6-8-14/h4-10H,1-3H3,(H,18,19). The first-order valence-electron chi connectivity index (χ1n) is 6.51. The summed E-state index contributed by atoms with van der Waals surface area (Å²) in [7, 11) is -4.44. The van der Waals surface area contributed by atoms with E-state index in [-0.39, 0.29) is 11.3 Å². The highest BCUT2D eigenvalue weighted by Crippen LogP contribution is 2.47. The minimum atomic E-state index is -4.44. The molecule has 0 saturated heterocycles. The highest BCUT2D eigenvalue weighted by atomic mass is 31.2. The van der Waals surface area contributed by atoms with Gasteiger partial charge in [0.1, 0.15) is 5.75 Å². The lowest BCUT2D eigenvalue weighted by Crippen LogP contribution is -2.07. The maximum absolute atomic E-state index is 12.3. The number of rotatable bonds is 4. The van der Waals surface area contributed by atoms with Crippen molar-refractivity contribution < 1.29 is 18.8 Å². The van der Waals surface area contributed by atoms with Gasteiger partial charge < -0.3 is 9.42 Å². The van der Waals surface area contributed by atoms with Crippen molar-refractivity contribution in [3.05, 3.63) is 64.7 Å². The molecule has 0 aromatic heterocycles. The Morgan fingerprint density at radius 1 is 1.05 bits per heavy atom. The summed E-state index contributed by atoms with van der Waals surface area (Å²) in [5.74, 6) is 0.288. The Hall–Kier alpha value is -1.90. The second-order valence-electron chi connectivity index (χ2n) is 5.01. The SMILES string of the molecule is Cc1cc(C)c(OP(=O)(O)C(=O)c2ccccc2)c(C)c1. The third-order valence-corrected chi connectivity index (χ3v) is 4.30. The van der Waals surface area contributed by atoms with Gasteiger partial charge in [0.15, 0.2) is 0 Å². The largest absolute Gasteiger partial charge is 0.448 e. The quantitative estimate of drug-likeness (QED) is 0.867. The van der Waals surface area contributed by atoms with Gasteiger partial charge in [-0.2, -0.15) is 0 Å². The zero-order valence-corrected chi connectivity index (χ0v) is 13.1. The lowest BCUT2D eigenvalue weighted by Gasteiger charge is -2.16. The zero-order valence-electron chi connectivity index (χ0n) is 12.2. The van der Waals surface area contributed by atoms with Crippen molar-refractivity contribution in [3.8, 4) is 5.75 Å². The molecular formula is C16H17O4P. The van der Waals surface area contributed by atoms with Crippen LogP contribution in [0.5, 0.6) is 5.75 Å². The van der Waals surface area contributed by atoms with E-state index in [1.165, 1.54) is 12.1 Å². The average molecular weight is 304 g/mol. The number of aryl methyl sites for hydroxylation is 3. The lowest BCUT2D eigenvalue weighted by molar-refractivity contribution is 0.104. The van der Waals surface area contributed by atoms with Crippen LogP contribution in [0.15, 0.2) is 42.5 Å². The van der Waals surface area contributed by atoms with Crippen LogP contribution in [0.25, 0.3) is 0 Å². The maximum atomic E-state index is 12.3. The molecule has 0 aliphatic carbocycles. The van der Waals surface area contributed by atoms with E-state index in [1.54, 1.807) is 32.0 Å². The summed E-state index contributed by atoms with van der Waals surface area (Å²) in [6.07, 6.45) is 0. The van der Waals surface area contributed by atoms with E-state index in [1.807, 2.05) is 19.1 Å². The van der Waals surface area contributed by atoms with Gasteiger partial charge in [-0.25, -0.2) is 4.57 Å². The lowest BCUT2D eigenvalue weighted by atomic mass is 10.1. The molecule has 1 atom stereocenters. The van der Waals surface area contributed by atoms with E-state index in [9.17, 15) is 14.3 Å².